The van der Waals surface area contributed by atoms with Gasteiger partial charge in [-0.05, 0) is 67.9 Å². The Balaban J connectivity index is 1.28. The quantitative estimate of drug-likeness (QED) is 0.294. The number of likely N-dealkylation sites (tertiary alicyclic amines) is 1. The first kappa shape index (κ1) is 26.0. The van der Waals surface area contributed by atoms with Gasteiger partial charge in [-0.25, -0.2) is 9.78 Å². The molecule has 0 atom stereocenters. The van der Waals surface area contributed by atoms with Crippen molar-refractivity contribution in [3.8, 4) is 22.0 Å². The van der Waals surface area contributed by atoms with E-state index in [0.717, 1.165) is 53.1 Å². The van der Waals surface area contributed by atoms with E-state index in [1.807, 2.05) is 37.3 Å². The van der Waals surface area contributed by atoms with E-state index in [1.54, 1.807) is 4.90 Å². The summed E-state index contributed by atoms with van der Waals surface area (Å²) in [5.41, 5.74) is 5.31. The first-order chi connectivity index (χ1) is 19.5. The van der Waals surface area contributed by atoms with Crippen molar-refractivity contribution in [3.05, 3.63) is 65.5 Å². The summed E-state index contributed by atoms with van der Waals surface area (Å²) in [6, 6.07) is 14.3. The summed E-state index contributed by atoms with van der Waals surface area (Å²) in [6.07, 6.45) is 4.84. The number of piperidine rings is 1. The van der Waals surface area contributed by atoms with Crippen molar-refractivity contribution in [2.45, 2.75) is 44.6 Å². The third-order valence-electron chi connectivity index (χ3n) is 7.39. The molecular formula is C29H30N6O4S. The number of ether oxygens (including phenoxy) is 1. The molecule has 2 amide bonds. The smallest absolute Gasteiger partial charge is 0.409 e. The molecule has 1 saturated heterocycles. The van der Waals surface area contributed by atoms with E-state index in [-0.39, 0.29) is 12.0 Å². The molecule has 0 spiro atoms. The maximum Gasteiger partial charge on any atom is 0.409 e. The highest BCUT2D eigenvalue weighted by molar-refractivity contribution is 7.19. The molecule has 11 heteroatoms. The largest absolute Gasteiger partial charge is 0.453 e. The number of hydrogen-bond donors (Lipinski definition) is 2. The second-order valence-corrected chi connectivity index (χ2v) is 11.2. The second-order valence-electron chi connectivity index (χ2n) is 10.2. The highest BCUT2D eigenvalue weighted by Gasteiger charge is 2.26. The molecule has 0 bridgehead atoms. The van der Waals surface area contributed by atoms with Crippen LogP contribution in [0.4, 0.5) is 15.6 Å². The average Bonchev–Trinajstić information content (AvgIpc) is 3.44. The highest BCUT2D eigenvalue weighted by Crippen LogP contribution is 2.41. The fourth-order valence-corrected chi connectivity index (χ4v) is 5.89. The monoisotopic (exact) mass is 558 g/mol. The molecule has 4 aromatic rings. The average molecular weight is 559 g/mol. The predicted octanol–water partition coefficient (Wildman–Crippen LogP) is 5.75. The minimum Gasteiger partial charge on any atom is -0.453 e. The number of thiazole rings is 1. The van der Waals surface area contributed by atoms with Crippen molar-refractivity contribution in [2.24, 2.45) is 0 Å². The van der Waals surface area contributed by atoms with Crippen molar-refractivity contribution in [3.63, 3.8) is 0 Å². The van der Waals surface area contributed by atoms with Crippen LogP contribution < -0.4 is 10.6 Å². The highest BCUT2D eigenvalue weighted by atomic mass is 32.1. The van der Waals surface area contributed by atoms with Gasteiger partial charge in [0.05, 0.1) is 12.8 Å². The number of amides is 2. The molecule has 2 fully saturated rings. The standard InChI is InChI=1S/C29H30N6O4S/c1-17-6-7-21(26(36)31-22-8-9-22)15-23(17)32-28-33-24(25(40-28)27-34-30-16-39-27)20-5-3-4-19(14-20)18-10-12-35(13-11-18)29(37)38-2/h3-7,14-16,18,22H,8-13H2,1-2H3,(H,31,36)(H,32,33). The van der Waals surface area contributed by atoms with E-state index in [4.69, 9.17) is 14.1 Å². The maximum atomic E-state index is 12.6. The molecule has 1 aliphatic carbocycles. The van der Waals surface area contributed by atoms with Gasteiger partial charge in [-0.1, -0.05) is 35.6 Å². The Morgan fingerprint density at radius 1 is 1.10 bits per heavy atom. The first-order valence-corrected chi connectivity index (χ1v) is 14.2. The minimum atomic E-state index is -0.275. The Kier molecular flexibility index (Phi) is 7.21. The molecule has 10 nitrogen and oxygen atoms in total. The van der Waals surface area contributed by atoms with Gasteiger partial charge < -0.3 is 24.7 Å². The molecule has 0 unspecified atom stereocenters. The molecule has 2 aromatic heterocycles. The summed E-state index contributed by atoms with van der Waals surface area (Å²) in [6.45, 7) is 3.32. The lowest BCUT2D eigenvalue weighted by Crippen LogP contribution is -2.37. The van der Waals surface area contributed by atoms with Crippen LogP contribution in [-0.4, -0.2) is 58.3 Å². The van der Waals surface area contributed by atoms with Crippen LogP contribution in [0.1, 0.15) is 53.1 Å². The van der Waals surface area contributed by atoms with Crippen LogP contribution in [0, 0.1) is 6.92 Å². The van der Waals surface area contributed by atoms with E-state index < -0.39 is 0 Å². The first-order valence-electron chi connectivity index (χ1n) is 13.4. The zero-order valence-electron chi connectivity index (χ0n) is 22.3. The van der Waals surface area contributed by atoms with E-state index in [1.165, 1.54) is 30.4 Å². The number of anilines is 2. The van der Waals surface area contributed by atoms with Crippen molar-refractivity contribution < 1.29 is 18.7 Å². The number of carbonyl (C=O) groups is 2. The zero-order valence-corrected chi connectivity index (χ0v) is 23.2. The molecule has 2 N–H and O–H groups in total. The molecule has 1 aliphatic heterocycles. The predicted molar refractivity (Wildman–Crippen MR) is 152 cm³/mol. The molecule has 0 radical (unpaired) electrons. The SMILES string of the molecule is COC(=O)N1CCC(c2cccc(-c3nc(Nc4cc(C(=O)NC5CC5)ccc4C)sc3-c3nnco3)c2)CC1. The molecule has 3 heterocycles. The zero-order chi connectivity index (χ0) is 27.6. The third kappa shape index (κ3) is 5.55. The molecule has 1 saturated carbocycles. The topological polar surface area (TPSA) is 122 Å². The van der Waals surface area contributed by atoms with Gasteiger partial charge in [0.1, 0.15) is 4.88 Å². The van der Waals surface area contributed by atoms with Crippen LogP contribution in [0.3, 0.4) is 0 Å². The molecule has 40 heavy (non-hydrogen) atoms. The van der Waals surface area contributed by atoms with Crippen LogP contribution in [0.5, 0.6) is 0 Å². The summed E-state index contributed by atoms with van der Waals surface area (Å²) >= 11 is 1.42. The minimum absolute atomic E-state index is 0.0637. The number of hydrogen-bond acceptors (Lipinski definition) is 9. The van der Waals surface area contributed by atoms with Gasteiger partial charge in [0.2, 0.25) is 6.39 Å². The number of rotatable bonds is 7. The number of methoxy groups -OCH3 is 1. The summed E-state index contributed by atoms with van der Waals surface area (Å²) in [5, 5.41) is 15.1. The lowest BCUT2D eigenvalue weighted by atomic mass is 9.88. The lowest BCUT2D eigenvalue weighted by Gasteiger charge is -2.31. The van der Waals surface area contributed by atoms with Crippen molar-refractivity contribution >= 4 is 34.2 Å². The molecule has 206 valence electrons. The molecular weight excluding hydrogens is 528 g/mol. The summed E-state index contributed by atoms with van der Waals surface area (Å²) in [4.78, 5) is 32.0. The van der Waals surface area contributed by atoms with Gasteiger partial charge in [0.15, 0.2) is 5.13 Å². The van der Waals surface area contributed by atoms with Crippen LogP contribution in [0.15, 0.2) is 53.3 Å². The van der Waals surface area contributed by atoms with Crippen molar-refractivity contribution in [1.82, 2.24) is 25.4 Å². The Labute approximate surface area is 235 Å². The Morgan fingerprint density at radius 3 is 2.65 bits per heavy atom. The Bertz CT molecular complexity index is 1520. The summed E-state index contributed by atoms with van der Waals surface area (Å²) < 4.78 is 10.5. The van der Waals surface area contributed by atoms with Gasteiger partial charge >= 0.3 is 6.09 Å². The summed E-state index contributed by atoms with van der Waals surface area (Å²) in [7, 11) is 1.42. The fourth-order valence-electron chi connectivity index (χ4n) is 4.96. The summed E-state index contributed by atoms with van der Waals surface area (Å²) in [5.74, 6) is 0.661. The van der Waals surface area contributed by atoms with Gasteiger partial charge in [0.25, 0.3) is 11.8 Å². The van der Waals surface area contributed by atoms with E-state index in [2.05, 4.69) is 33.0 Å². The maximum absolute atomic E-state index is 12.6. The van der Waals surface area contributed by atoms with Crippen LogP contribution in [0.25, 0.3) is 22.0 Å². The lowest BCUT2D eigenvalue weighted by molar-refractivity contribution is 0.0950. The number of nitrogens with one attached hydrogen (secondary N) is 2. The molecule has 2 aliphatic rings. The number of benzene rings is 2. The van der Waals surface area contributed by atoms with Crippen molar-refractivity contribution in [1.29, 1.82) is 0 Å². The van der Waals surface area contributed by atoms with Gasteiger partial charge in [0, 0.05) is 35.9 Å². The van der Waals surface area contributed by atoms with Crippen LogP contribution in [-0.2, 0) is 4.74 Å². The second kappa shape index (κ2) is 11.1. The number of aromatic nitrogens is 3. The van der Waals surface area contributed by atoms with Gasteiger partial charge in [-0.15, -0.1) is 10.2 Å². The number of carbonyl (C=O) groups excluding carboxylic acids is 2. The van der Waals surface area contributed by atoms with Gasteiger partial charge in [-0.2, -0.15) is 0 Å². The Hall–Kier alpha value is -4.25. The van der Waals surface area contributed by atoms with Crippen LogP contribution in [0.2, 0.25) is 0 Å². The Morgan fingerprint density at radius 2 is 1.93 bits per heavy atom. The van der Waals surface area contributed by atoms with E-state index in [9.17, 15) is 9.59 Å². The van der Waals surface area contributed by atoms with E-state index in [0.29, 0.717) is 41.6 Å². The van der Waals surface area contributed by atoms with Gasteiger partial charge in [-0.3, -0.25) is 4.79 Å². The fraction of sp³-hybridized carbons (Fsp3) is 0.345. The molecule has 6 rings (SSSR count). The number of nitrogens with zero attached hydrogens (tertiary/aromatic N) is 4. The van der Waals surface area contributed by atoms with E-state index >= 15 is 0 Å². The number of aryl methyl sites for hydroxylation is 1. The molecule has 2 aromatic carbocycles. The third-order valence-corrected chi connectivity index (χ3v) is 8.35. The van der Waals surface area contributed by atoms with Crippen molar-refractivity contribution in [2.75, 3.05) is 25.5 Å². The van der Waals surface area contributed by atoms with Crippen LogP contribution >= 0.6 is 11.3 Å². The normalized spacial score (nSPS) is 15.6.